The van der Waals surface area contributed by atoms with Crippen molar-refractivity contribution in [2.75, 3.05) is 0 Å². The average Bonchev–Trinajstić information content (AvgIpc) is 2.32. The van der Waals surface area contributed by atoms with Crippen molar-refractivity contribution in [2.45, 2.75) is 59.6 Å². The van der Waals surface area contributed by atoms with E-state index in [1.165, 1.54) is 13.0 Å². The number of aryl methyl sites for hydroxylation is 2. The minimum Gasteiger partial charge on any atom is -0.444 e. The zero-order valence-corrected chi connectivity index (χ0v) is 14.0. The van der Waals surface area contributed by atoms with Crippen molar-refractivity contribution < 1.29 is 18.7 Å². The number of alkyl carbamates (subject to hydrolysis) is 1. The third-order valence-electron chi connectivity index (χ3n) is 3.27. The molecule has 22 heavy (non-hydrogen) atoms. The summed E-state index contributed by atoms with van der Waals surface area (Å²) in [6.07, 6.45) is -0.585. The SMILES string of the molecule is CC(=O)[C@H](Cc1cc(C)c(C)cc1F)NC(=O)OC(C)(C)C. The molecule has 0 radical (unpaired) electrons. The first-order valence-corrected chi connectivity index (χ1v) is 7.25. The first kappa shape index (κ1) is 18.1. The normalized spacial score (nSPS) is 12.7. The second-order valence-electron chi connectivity index (χ2n) is 6.54. The Kier molecular flexibility index (Phi) is 5.69. The van der Waals surface area contributed by atoms with Crippen LogP contribution in [-0.4, -0.2) is 23.5 Å². The van der Waals surface area contributed by atoms with Crippen LogP contribution in [0, 0.1) is 19.7 Å². The predicted octanol–water partition coefficient (Wildman–Crippen LogP) is 3.47. The molecule has 0 aromatic heterocycles. The highest BCUT2D eigenvalue weighted by molar-refractivity contribution is 5.85. The second kappa shape index (κ2) is 6.90. The number of rotatable bonds is 4. The van der Waals surface area contributed by atoms with Gasteiger partial charge in [-0.3, -0.25) is 4.79 Å². The quantitative estimate of drug-likeness (QED) is 0.926. The van der Waals surface area contributed by atoms with Gasteiger partial charge in [0.15, 0.2) is 5.78 Å². The molecule has 0 aliphatic rings. The fraction of sp³-hybridized carbons (Fsp3) is 0.529. The van der Waals surface area contributed by atoms with Crippen LogP contribution in [0.1, 0.15) is 44.4 Å². The Bertz CT molecular complexity index is 576. The summed E-state index contributed by atoms with van der Waals surface area (Å²) in [6.45, 7) is 10.3. The van der Waals surface area contributed by atoms with E-state index in [0.717, 1.165) is 11.1 Å². The number of carbonyl (C=O) groups excluding carboxylic acids is 2. The largest absolute Gasteiger partial charge is 0.444 e. The number of carbonyl (C=O) groups is 2. The van der Waals surface area contributed by atoms with Crippen LogP contribution in [0.4, 0.5) is 9.18 Å². The average molecular weight is 309 g/mol. The van der Waals surface area contributed by atoms with Crippen molar-refractivity contribution in [1.29, 1.82) is 0 Å². The van der Waals surface area contributed by atoms with Crippen LogP contribution in [0.15, 0.2) is 12.1 Å². The zero-order valence-electron chi connectivity index (χ0n) is 14.0. The molecule has 122 valence electrons. The Morgan fingerprint density at radius 2 is 1.77 bits per heavy atom. The van der Waals surface area contributed by atoms with Gasteiger partial charge in [0.1, 0.15) is 11.4 Å². The smallest absolute Gasteiger partial charge is 0.408 e. The minimum atomic E-state index is -0.813. The number of Topliss-reactive ketones (excluding diaryl/α,β-unsaturated/α-hetero) is 1. The Labute approximate surface area is 131 Å². The van der Waals surface area contributed by atoms with Crippen molar-refractivity contribution >= 4 is 11.9 Å². The Hall–Kier alpha value is -1.91. The molecule has 1 atom stereocenters. The first-order valence-electron chi connectivity index (χ1n) is 7.25. The minimum absolute atomic E-state index is 0.0987. The molecule has 0 aliphatic carbocycles. The second-order valence-corrected chi connectivity index (χ2v) is 6.54. The molecule has 1 amide bonds. The standard InChI is InChI=1S/C17H24FNO3/c1-10-7-13(14(18)8-11(10)2)9-15(12(3)20)19-16(21)22-17(4,5)6/h7-8,15H,9H2,1-6H3,(H,19,21)/t15-/m0/s1. The number of hydrogen-bond acceptors (Lipinski definition) is 3. The monoisotopic (exact) mass is 309 g/mol. The van der Waals surface area contributed by atoms with Crippen LogP contribution in [0.2, 0.25) is 0 Å². The van der Waals surface area contributed by atoms with E-state index in [-0.39, 0.29) is 18.0 Å². The number of halogens is 1. The molecule has 1 aromatic rings. The van der Waals surface area contributed by atoms with Gasteiger partial charge in [-0.25, -0.2) is 9.18 Å². The Morgan fingerprint density at radius 3 is 2.27 bits per heavy atom. The zero-order chi connectivity index (χ0) is 17.1. The van der Waals surface area contributed by atoms with Crippen LogP contribution in [0.5, 0.6) is 0 Å². The molecule has 0 fully saturated rings. The molecular formula is C17H24FNO3. The van der Waals surface area contributed by atoms with Gasteiger partial charge in [-0.2, -0.15) is 0 Å². The van der Waals surface area contributed by atoms with Gasteiger partial charge in [-0.05, 0) is 64.3 Å². The molecule has 0 heterocycles. The lowest BCUT2D eigenvalue weighted by Gasteiger charge is -2.23. The van der Waals surface area contributed by atoms with Crippen molar-refractivity contribution in [2.24, 2.45) is 0 Å². The highest BCUT2D eigenvalue weighted by Gasteiger charge is 2.23. The van der Waals surface area contributed by atoms with Gasteiger partial charge in [0, 0.05) is 6.42 Å². The Morgan fingerprint density at radius 1 is 1.23 bits per heavy atom. The molecule has 1 rings (SSSR count). The van der Waals surface area contributed by atoms with Gasteiger partial charge in [0.05, 0.1) is 6.04 Å². The molecule has 0 bridgehead atoms. The van der Waals surface area contributed by atoms with Gasteiger partial charge >= 0.3 is 6.09 Å². The lowest BCUT2D eigenvalue weighted by Crippen LogP contribution is -2.44. The van der Waals surface area contributed by atoms with Gasteiger partial charge < -0.3 is 10.1 Å². The fourth-order valence-corrected chi connectivity index (χ4v) is 1.96. The summed E-state index contributed by atoms with van der Waals surface area (Å²) in [5, 5.41) is 2.51. The molecule has 0 saturated heterocycles. The lowest BCUT2D eigenvalue weighted by molar-refractivity contribution is -0.119. The van der Waals surface area contributed by atoms with Crippen molar-refractivity contribution in [3.8, 4) is 0 Å². The maximum absolute atomic E-state index is 14.0. The number of hydrogen-bond donors (Lipinski definition) is 1. The topological polar surface area (TPSA) is 55.4 Å². The summed E-state index contributed by atoms with van der Waals surface area (Å²) in [4.78, 5) is 23.5. The summed E-state index contributed by atoms with van der Waals surface area (Å²) in [5.74, 6) is -0.621. The van der Waals surface area contributed by atoms with Crippen LogP contribution >= 0.6 is 0 Å². The van der Waals surface area contributed by atoms with Crippen LogP contribution < -0.4 is 5.32 Å². The molecule has 4 nitrogen and oxygen atoms in total. The molecule has 0 unspecified atom stereocenters. The van der Waals surface area contributed by atoms with Crippen molar-refractivity contribution in [1.82, 2.24) is 5.32 Å². The molecular weight excluding hydrogens is 285 g/mol. The fourth-order valence-electron chi connectivity index (χ4n) is 1.96. The summed E-state index contributed by atoms with van der Waals surface area (Å²) < 4.78 is 19.1. The number of amides is 1. The van der Waals surface area contributed by atoms with E-state index >= 15 is 0 Å². The molecule has 1 aromatic carbocycles. The van der Waals surface area contributed by atoms with Gasteiger partial charge in [0.2, 0.25) is 0 Å². The first-order chi connectivity index (χ1) is 9.99. The van der Waals surface area contributed by atoms with E-state index in [4.69, 9.17) is 4.74 Å². The van der Waals surface area contributed by atoms with Crippen molar-refractivity contribution in [3.63, 3.8) is 0 Å². The number of nitrogens with one attached hydrogen (secondary N) is 1. The predicted molar refractivity (Wildman–Crippen MR) is 83.4 cm³/mol. The van der Waals surface area contributed by atoms with Crippen LogP contribution in [0.3, 0.4) is 0 Å². The van der Waals surface area contributed by atoms with Crippen molar-refractivity contribution in [3.05, 3.63) is 34.6 Å². The number of benzene rings is 1. The van der Waals surface area contributed by atoms with Crippen LogP contribution in [-0.2, 0) is 16.0 Å². The number of ether oxygens (including phenoxy) is 1. The molecule has 0 aliphatic heterocycles. The van der Waals surface area contributed by atoms with Gasteiger partial charge in [-0.1, -0.05) is 6.07 Å². The summed E-state index contributed by atoms with van der Waals surface area (Å²) in [6, 6.07) is 2.33. The lowest BCUT2D eigenvalue weighted by atomic mass is 9.98. The maximum Gasteiger partial charge on any atom is 0.408 e. The Balaban J connectivity index is 2.88. The summed E-state index contributed by atoms with van der Waals surface area (Å²) in [5.41, 5.74) is 1.54. The van der Waals surface area contributed by atoms with Crippen LogP contribution in [0.25, 0.3) is 0 Å². The summed E-state index contributed by atoms with van der Waals surface area (Å²) in [7, 11) is 0. The third-order valence-corrected chi connectivity index (χ3v) is 3.27. The van der Waals surface area contributed by atoms with E-state index < -0.39 is 17.7 Å². The van der Waals surface area contributed by atoms with E-state index in [1.807, 2.05) is 13.8 Å². The maximum atomic E-state index is 14.0. The van der Waals surface area contributed by atoms with E-state index in [2.05, 4.69) is 5.32 Å². The highest BCUT2D eigenvalue weighted by atomic mass is 19.1. The molecule has 0 spiro atoms. The number of ketones is 1. The van der Waals surface area contributed by atoms with Gasteiger partial charge in [0.25, 0.3) is 0 Å². The van der Waals surface area contributed by atoms with E-state index in [0.29, 0.717) is 5.56 Å². The molecule has 1 N–H and O–H groups in total. The highest BCUT2D eigenvalue weighted by Crippen LogP contribution is 2.17. The summed E-state index contributed by atoms with van der Waals surface area (Å²) >= 11 is 0. The molecule has 5 heteroatoms. The third kappa shape index (κ3) is 5.47. The van der Waals surface area contributed by atoms with E-state index in [1.54, 1.807) is 26.8 Å². The van der Waals surface area contributed by atoms with Gasteiger partial charge in [-0.15, -0.1) is 0 Å². The molecule has 0 saturated carbocycles. The van der Waals surface area contributed by atoms with E-state index in [9.17, 15) is 14.0 Å².